The van der Waals surface area contributed by atoms with E-state index in [-0.39, 0.29) is 0 Å². The Bertz CT molecular complexity index is 118. The molecule has 0 aromatic heterocycles. The van der Waals surface area contributed by atoms with Crippen molar-refractivity contribution in [3.8, 4) is 0 Å². The molecule has 2 unspecified atom stereocenters. The fourth-order valence-electron chi connectivity index (χ4n) is 2.86. The highest BCUT2D eigenvalue weighted by Gasteiger charge is 2.23. The Hall–Kier alpha value is 0. The van der Waals surface area contributed by atoms with E-state index in [2.05, 4.69) is 27.2 Å². The molecule has 77 valence electrons. The zero-order valence-electron chi connectivity index (χ0n) is 9.55. The van der Waals surface area contributed by atoms with Crippen LogP contribution >= 0.6 is 0 Å². The summed E-state index contributed by atoms with van der Waals surface area (Å²) in [7, 11) is 0. The second-order valence-corrected chi connectivity index (χ2v) is 5.10. The van der Waals surface area contributed by atoms with Crippen molar-refractivity contribution in [2.75, 3.05) is 0 Å². The topological polar surface area (TPSA) is 0 Å². The average molecular weight is 181 g/mol. The van der Waals surface area contributed by atoms with Crippen LogP contribution in [0.2, 0.25) is 0 Å². The first kappa shape index (κ1) is 11.1. The summed E-state index contributed by atoms with van der Waals surface area (Å²) in [6.45, 7) is 7.10. The minimum Gasteiger partial charge on any atom is -0.0654 e. The third-order valence-electron chi connectivity index (χ3n) is 3.27. The van der Waals surface area contributed by atoms with E-state index in [1.165, 1.54) is 38.5 Å². The first-order valence-corrected chi connectivity index (χ1v) is 6.04. The lowest BCUT2D eigenvalue weighted by atomic mass is 9.75. The molecule has 0 heteroatoms. The molecule has 1 saturated carbocycles. The minimum atomic E-state index is 0.976. The fourth-order valence-corrected chi connectivity index (χ4v) is 2.86. The molecule has 0 heterocycles. The van der Waals surface area contributed by atoms with Crippen molar-refractivity contribution in [2.24, 2.45) is 17.8 Å². The lowest BCUT2D eigenvalue weighted by Gasteiger charge is -2.31. The van der Waals surface area contributed by atoms with Gasteiger partial charge in [0, 0.05) is 0 Å². The molecule has 1 aliphatic rings. The maximum absolute atomic E-state index is 2.51. The summed E-state index contributed by atoms with van der Waals surface area (Å²) in [6, 6.07) is 0. The number of unbranched alkanes of at least 4 members (excludes halogenated alkanes) is 2. The third kappa shape index (κ3) is 4.15. The molecule has 0 aromatic carbocycles. The summed E-state index contributed by atoms with van der Waals surface area (Å²) in [6.07, 6.45) is 10.9. The zero-order valence-corrected chi connectivity index (χ0v) is 9.55. The Kier molecular flexibility index (Phi) is 4.83. The van der Waals surface area contributed by atoms with Crippen LogP contribution in [0.1, 0.15) is 59.3 Å². The van der Waals surface area contributed by atoms with E-state index in [1.807, 2.05) is 0 Å². The van der Waals surface area contributed by atoms with E-state index in [0.717, 1.165) is 17.8 Å². The van der Waals surface area contributed by atoms with E-state index in [1.54, 1.807) is 0 Å². The van der Waals surface area contributed by atoms with Gasteiger partial charge in [0.25, 0.3) is 0 Å². The van der Waals surface area contributed by atoms with Crippen LogP contribution in [-0.4, -0.2) is 0 Å². The quantitative estimate of drug-likeness (QED) is 0.562. The summed E-state index contributed by atoms with van der Waals surface area (Å²) in [5.74, 6) is 2.96. The smallest absolute Gasteiger partial charge is 0.0383 e. The molecule has 2 atom stereocenters. The molecule has 0 N–H and O–H groups in total. The van der Waals surface area contributed by atoms with Crippen molar-refractivity contribution in [1.29, 1.82) is 0 Å². The predicted octanol–water partition coefficient (Wildman–Crippen LogP) is 4.45. The van der Waals surface area contributed by atoms with E-state index in [0.29, 0.717) is 0 Å². The first-order chi connectivity index (χ1) is 6.22. The van der Waals surface area contributed by atoms with Gasteiger partial charge in [0.05, 0.1) is 0 Å². The van der Waals surface area contributed by atoms with Crippen molar-refractivity contribution in [1.82, 2.24) is 0 Å². The van der Waals surface area contributed by atoms with Crippen LogP contribution in [0.5, 0.6) is 0 Å². The van der Waals surface area contributed by atoms with Crippen molar-refractivity contribution < 1.29 is 0 Å². The molecule has 1 aliphatic carbocycles. The summed E-state index contributed by atoms with van der Waals surface area (Å²) in [4.78, 5) is 0. The van der Waals surface area contributed by atoms with Crippen LogP contribution < -0.4 is 0 Å². The third-order valence-corrected chi connectivity index (χ3v) is 3.27. The number of hydrogen-bond donors (Lipinski definition) is 0. The number of hydrogen-bond acceptors (Lipinski definition) is 0. The first-order valence-electron chi connectivity index (χ1n) is 6.04. The van der Waals surface area contributed by atoms with Crippen molar-refractivity contribution in [2.45, 2.75) is 59.3 Å². The maximum atomic E-state index is 2.51. The predicted molar refractivity (Wildman–Crippen MR) is 59.5 cm³/mol. The number of rotatable bonds is 4. The molecular weight excluding hydrogens is 156 g/mol. The Balaban J connectivity index is 2.17. The van der Waals surface area contributed by atoms with Gasteiger partial charge in [0.1, 0.15) is 0 Å². The minimum absolute atomic E-state index is 0.976. The van der Waals surface area contributed by atoms with Gasteiger partial charge in [0.15, 0.2) is 0 Å². The summed E-state index contributed by atoms with van der Waals surface area (Å²) in [5.41, 5.74) is 0. The zero-order chi connectivity index (χ0) is 9.68. The second-order valence-electron chi connectivity index (χ2n) is 5.10. The van der Waals surface area contributed by atoms with Gasteiger partial charge in [-0.15, -0.1) is 0 Å². The maximum Gasteiger partial charge on any atom is -0.0383 e. The highest BCUT2D eigenvalue weighted by molar-refractivity contribution is 4.79. The molecule has 0 nitrogen and oxygen atoms in total. The Labute approximate surface area is 84.1 Å². The van der Waals surface area contributed by atoms with Gasteiger partial charge in [-0.25, -0.2) is 0 Å². The van der Waals surface area contributed by atoms with Crippen molar-refractivity contribution >= 4 is 0 Å². The average Bonchev–Trinajstić information content (AvgIpc) is 2.03. The highest BCUT2D eigenvalue weighted by atomic mass is 14.3. The van der Waals surface area contributed by atoms with Gasteiger partial charge in [-0.2, -0.15) is 0 Å². The standard InChI is InChI=1S/C13H25/c1-4-5-6-7-13-9-11(2)8-12(3)10-13/h6,11-13H,4-5,7-10H2,1-3H3. The van der Waals surface area contributed by atoms with Crippen LogP contribution in [0.25, 0.3) is 0 Å². The van der Waals surface area contributed by atoms with E-state index >= 15 is 0 Å². The fraction of sp³-hybridized carbons (Fsp3) is 0.923. The van der Waals surface area contributed by atoms with Gasteiger partial charge in [-0.3, -0.25) is 0 Å². The second kappa shape index (κ2) is 5.67. The molecule has 0 aromatic rings. The summed E-state index contributed by atoms with van der Waals surface area (Å²) < 4.78 is 0. The molecule has 0 saturated heterocycles. The Morgan fingerprint density at radius 3 is 2.23 bits per heavy atom. The molecule has 1 fully saturated rings. The SMILES string of the molecule is CCC[CH]CC1CC(C)CC(C)C1. The van der Waals surface area contributed by atoms with Crippen LogP contribution in [-0.2, 0) is 0 Å². The normalized spacial score (nSPS) is 34.8. The van der Waals surface area contributed by atoms with Crippen LogP contribution in [0.15, 0.2) is 0 Å². The van der Waals surface area contributed by atoms with Gasteiger partial charge in [-0.1, -0.05) is 33.6 Å². The van der Waals surface area contributed by atoms with Gasteiger partial charge < -0.3 is 0 Å². The largest absolute Gasteiger partial charge is 0.0654 e. The van der Waals surface area contributed by atoms with E-state index in [9.17, 15) is 0 Å². The summed E-state index contributed by atoms with van der Waals surface area (Å²) >= 11 is 0. The van der Waals surface area contributed by atoms with Gasteiger partial charge in [0.2, 0.25) is 0 Å². The molecule has 13 heavy (non-hydrogen) atoms. The van der Waals surface area contributed by atoms with Crippen LogP contribution in [0, 0.1) is 24.2 Å². The van der Waals surface area contributed by atoms with Crippen molar-refractivity contribution in [3.63, 3.8) is 0 Å². The van der Waals surface area contributed by atoms with Crippen LogP contribution in [0.3, 0.4) is 0 Å². The molecule has 1 radical (unpaired) electrons. The van der Waals surface area contributed by atoms with Gasteiger partial charge in [-0.05, 0) is 49.9 Å². The molecule has 0 aliphatic heterocycles. The molecule has 0 bridgehead atoms. The van der Waals surface area contributed by atoms with Crippen LogP contribution in [0.4, 0.5) is 0 Å². The molecule has 1 rings (SSSR count). The Morgan fingerprint density at radius 1 is 1.08 bits per heavy atom. The van der Waals surface area contributed by atoms with Crippen molar-refractivity contribution in [3.05, 3.63) is 6.42 Å². The lowest BCUT2D eigenvalue weighted by Crippen LogP contribution is -2.19. The highest BCUT2D eigenvalue weighted by Crippen LogP contribution is 2.35. The lowest BCUT2D eigenvalue weighted by molar-refractivity contribution is 0.216. The molecular formula is C13H25. The monoisotopic (exact) mass is 181 g/mol. The molecule has 0 amide bonds. The van der Waals surface area contributed by atoms with E-state index in [4.69, 9.17) is 0 Å². The summed E-state index contributed by atoms with van der Waals surface area (Å²) in [5, 5.41) is 0. The van der Waals surface area contributed by atoms with Gasteiger partial charge >= 0.3 is 0 Å². The Morgan fingerprint density at radius 2 is 1.69 bits per heavy atom. The molecule has 0 spiro atoms. The van der Waals surface area contributed by atoms with E-state index < -0.39 is 0 Å².